The van der Waals surface area contributed by atoms with Crippen LogP contribution in [0.3, 0.4) is 0 Å². The number of piperidine rings is 1. The summed E-state index contributed by atoms with van der Waals surface area (Å²) in [7, 11) is 1.55. The van der Waals surface area contributed by atoms with Gasteiger partial charge in [-0.2, -0.15) is 0 Å². The molecule has 1 aromatic carbocycles. The molecule has 3 rings (SSSR count). The molecule has 1 fully saturated rings. The summed E-state index contributed by atoms with van der Waals surface area (Å²) in [6.07, 6.45) is 1.54. The third kappa shape index (κ3) is 3.64. The van der Waals surface area contributed by atoms with Gasteiger partial charge in [0.1, 0.15) is 5.75 Å². The molecule has 0 unspecified atom stereocenters. The largest absolute Gasteiger partial charge is 0.496 e. The number of Topliss-reactive ketones (excluding diaryl/α,β-unsaturated/α-hetero) is 1. The number of ether oxygens (including phenoxy) is 1. The second kappa shape index (κ2) is 7.72. The van der Waals surface area contributed by atoms with Gasteiger partial charge in [0.2, 0.25) is 5.76 Å². The van der Waals surface area contributed by atoms with Crippen molar-refractivity contribution in [2.24, 2.45) is 5.92 Å². The number of rotatable bonds is 5. The molecular formula is C20H24N2O4. The fourth-order valence-corrected chi connectivity index (χ4v) is 3.26. The highest BCUT2D eigenvalue weighted by molar-refractivity contribution is 6.01. The van der Waals surface area contributed by atoms with Crippen LogP contribution >= 0.6 is 0 Å². The van der Waals surface area contributed by atoms with Crippen LogP contribution < -0.4 is 4.74 Å². The fourth-order valence-electron chi connectivity index (χ4n) is 3.26. The molecule has 0 N–H and O–H groups in total. The molecule has 0 saturated carbocycles. The molecule has 1 aliphatic rings. The van der Waals surface area contributed by atoms with E-state index in [2.05, 4.69) is 5.16 Å². The summed E-state index contributed by atoms with van der Waals surface area (Å²) in [6.45, 7) is 4.99. The Kier molecular flexibility index (Phi) is 5.40. The smallest absolute Gasteiger partial charge is 0.292 e. The van der Waals surface area contributed by atoms with Gasteiger partial charge in [-0.15, -0.1) is 0 Å². The predicted octanol–water partition coefficient (Wildman–Crippen LogP) is 3.54. The molecule has 2 aromatic rings. The fraction of sp³-hybridized carbons (Fsp3) is 0.450. The summed E-state index contributed by atoms with van der Waals surface area (Å²) >= 11 is 0. The van der Waals surface area contributed by atoms with Crippen molar-refractivity contribution in [2.75, 3.05) is 20.2 Å². The highest BCUT2D eigenvalue weighted by Crippen LogP contribution is 2.27. The van der Waals surface area contributed by atoms with E-state index >= 15 is 0 Å². The third-order valence-electron chi connectivity index (χ3n) is 4.78. The maximum Gasteiger partial charge on any atom is 0.292 e. The number of hydrogen-bond donors (Lipinski definition) is 0. The predicted molar refractivity (Wildman–Crippen MR) is 96.5 cm³/mol. The quantitative estimate of drug-likeness (QED) is 0.766. The number of amides is 1. The van der Waals surface area contributed by atoms with Gasteiger partial charge in [0, 0.05) is 25.1 Å². The number of para-hydroxylation sites is 1. The van der Waals surface area contributed by atoms with Gasteiger partial charge in [0.05, 0.1) is 18.4 Å². The number of aromatic nitrogens is 1. The van der Waals surface area contributed by atoms with Crippen molar-refractivity contribution in [1.29, 1.82) is 0 Å². The van der Waals surface area contributed by atoms with Crippen molar-refractivity contribution in [3.05, 3.63) is 47.3 Å². The van der Waals surface area contributed by atoms with Gasteiger partial charge in [-0.05, 0) is 30.9 Å². The summed E-state index contributed by atoms with van der Waals surface area (Å²) in [6, 6.07) is 8.90. The first kappa shape index (κ1) is 18.2. The number of benzene rings is 1. The summed E-state index contributed by atoms with van der Waals surface area (Å²) in [5, 5.41) is 3.95. The SMILES string of the molecule is COc1ccccc1C(=O)[C@H]1CCCN(C(=O)c2cc(C(C)C)no2)C1. The lowest BCUT2D eigenvalue weighted by Crippen LogP contribution is -2.42. The molecule has 138 valence electrons. The minimum atomic E-state index is -0.239. The maximum absolute atomic E-state index is 12.9. The van der Waals surface area contributed by atoms with Crippen LogP contribution in [0.2, 0.25) is 0 Å². The number of ketones is 1. The topological polar surface area (TPSA) is 72.6 Å². The average Bonchev–Trinajstić information content (AvgIpc) is 3.17. The lowest BCUT2D eigenvalue weighted by molar-refractivity contribution is 0.0602. The van der Waals surface area contributed by atoms with E-state index in [0.717, 1.165) is 18.5 Å². The van der Waals surface area contributed by atoms with Crippen molar-refractivity contribution >= 4 is 11.7 Å². The molecule has 1 aliphatic heterocycles. The first-order chi connectivity index (χ1) is 12.5. The monoisotopic (exact) mass is 356 g/mol. The van der Waals surface area contributed by atoms with Crippen LogP contribution in [0.4, 0.5) is 0 Å². The second-order valence-corrected chi connectivity index (χ2v) is 6.93. The Bertz CT molecular complexity index is 797. The van der Waals surface area contributed by atoms with Gasteiger partial charge in [0.15, 0.2) is 5.78 Å². The Labute approximate surface area is 153 Å². The van der Waals surface area contributed by atoms with Crippen molar-refractivity contribution < 1.29 is 18.8 Å². The van der Waals surface area contributed by atoms with Crippen molar-refractivity contribution in [3.63, 3.8) is 0 Å². The Balaban J connectivity index is 1.74. The summed E-state index contributed by atoms with van der Waals surface area (Å²) in [5.41, 5.74) is 1.32. The van der Waals surface area contributed by atoms with Gasteiger partial charge >= 0.3 is 0 Å². The number of carbonyl (C=O) groups is 2. The second-order valence-electron chi connectivity index (χ2n) is 6.93. The standard InChI is InChI=1S/C20H24N2O4/c1-13(2)16-11-18(26-21-16)20(24)22-10-6-7-14(12-22)19(23)15-8-4-5-9-17(15)25-3/h4-5,8-9,11,13-14H,6-7,10,12H2,1-3H3/t14-/m0/s1. The molecule has 6 heteroatoms. The van der Waals surface area contributed by atoms with E-state index in [4.69, 9.17) is 9.26 Å². The molecule has 1 saturated heterocycles. The number of carbonyl (C=O) groups excluding carboxylic acids is 2. The zero-order valence-electron chi connectivity index (χ0n) is 15.4. The zero-order valence-corrected chi connectivity index (χ0v) is 15.4. The molecule has 1 atom stereocenters. The van der Waals surface area contributed by atoms with Crippen LogP contribution in [-0.2, 0) is 0 Å². The lowest BCUT2D eigenvalue weighted by atomic mass is 9.89. The Hall–Kier alpha value is -2.63. The third-order valence-corrected chi connectivity index (χ3v) is 4.78. The number of hydrogen-bond acceptors (Lipinski definition) is 5. The Morgan fingerprint density at radius 2 is 2.08 bits per heavy atom. The molecule has 0 aliphatic carbocycles. The van der Waals surface area contributed by atoms with E-state index < -0.39 is 0 Å². The summed E-state index contributed by atoms with van der Waals surface area (Å²) in [4.78, 5) is 27.3. The molecule has 1 aromatic heterocycles. The van der Waals surface area contributed by atoms with Crippen LogP contribution in [0.5, 0.6) is 5.75 Å². The van der Waals surface area contributed by atoms with Crippen LogP contribution in [-0.4, -0.2) is 41.9 Å². The van der Waals surface area contributed by atoms with Crippen molar-refractivity contribution in [3.8, 4) is 5.75 Å². The van der Waals surface area contributed by atoms with E-state index in [1.807, 2.05) is 26.0 Å². The number of methoxy groups -OCH3 is 1. The van der Waals surface area contributed by atoms with Gasteiger partial charge in [0.25, 0.3) is 5.91 Å². The van der Waals surface area contributed by atoms with E-state index in [1.54, 1.807) is 30.2 Å². The highest BCUT2D eigenvalue weighted by atomic mass is 16.5. The van der Waals surface area contributed by atoms with E-state index in [1.165, 1.54) is 0 Å². The number of nitrogens with zero attached hydrogens (tertiary/aromatic N) is 2. The Morgan fingerprint density at radius 3 is 2.77 bits per heavy atom. The molecule has 6 nitrogen and oxygen atoms in total. The van der Waals surface area contributed by atoms with Crippen LogP contribution in [0.1, 0.15) is 59.2 Å². The van der Waals surface area contributed by atoms with Crippen molar-refractivity contribution in [2.45, 2.75) is 32.6 Å². The van der Waals surface area contributed by atoms with Crippen LogP contribution in [0.25, 0.3) is 0 Å². The van der Waals surface area contributed by atoms with Gasteiger partial charge in [-0.1, -0.05) is 31.1 Å². The zero-order chi connectivity index (χ0) is 18.7. The minimum Gasteiger partial charge on any atom is -0.496 e. The van der Waals surface area contributed by atoms with E-state index in [0.29, 0.717) is 24.4 Å². The highest BCUT2D eigenvalue weighted by Gasteiger charge is 2.32. The molecule has 26 heavy (non-hydrogen) atoms. The molecular weight excluding hydrogens is 332 g/mol. The molecule has 0 radical (unpaired) electrons. The van der Waals surface area contributed by atoms with E-state index in [-0.39, 0.29) is 29.3 Å². The lowest BCUT2D eigenvalue weighted by Gasteiger charge is -2.31. The molecule has 0 spiro atoms. The number of likely N-dealkylation sites (tertiary alicyclic amines) is 1. The first-order valence-electron chi connectivity index (χ1n) is 8.94. The van der Waals surface area contributed by atoms with Crippen molar-refractivity contribution in [1.82, 2.24) is 10.1 Å². The minimum absolute atomic E-state index is 0.0142. The van der Waals surface area contributed by atoms with Crippen LogP contribution in [0.15, 0.2) is 34.9 Å². The average molecular weight is 356 g/mol. The molecule has 1 amide bonds. The van der Waals surface area contributed by atoms with Gasteiger partial charge in [-0.3, -0.25) is 9.59 Å². The van der Waals surface area contributed by atoms with E-state index in [9.17, 15) is 9.59 Å². The normalized spacial score (nSPS) is 17.4. The molecule has 2 heterocycles. The van der Waals surface area contributed by atoms with Gasteiger partial charge in [-0.25, -0.2) is 0 Å². The van der Waals surface area contributed by atoms with Gasteiger partial charge < -0.3 is 14.2 Å². The maximum atomic E-state index is 12.9. The summed E-state index contributed by atoms with van der Waals surface area (Å²) < 4.78 is 10.5. The Morgan fingerprint density at radius 1 is 1.31 bits per heavy atom. The first-order valence-corrected chi connectivity index (χ1v) is 8.94. The van der Waals surface area contributed by atoms with Crippen LogP contribution in [0, 0.1) is 5.92 Å². The summed E-state index contributed by atoms with van der Waals surface area (Å²) in [5.74, 6) is 0.567. The molecule has 0 bridgehead atoms.